The Morgan fingerprint density at radius 2 is 1.72 bits per heavy atom. The van der Waals surface area contributed by atoms with Gasteiger partial charge in [-0.05, 0) is 41.3 Å². The quantitative estimate of drug-likeness (QED) is 0.436. The Hall–Kier alpha value is -3.33. The molecule has 2 heterocycles. The molecular formula is C20H17N4O4S-. The monoisotopic (exact) mass is 409 g/mol. The SMILES string of the molecule is O=C1N=C(N2CCN(c3ccccc3)CC2)S/C1=C/c1ccc([O-])c([N+](=O)[O-])c1. The minimum atomic E-state index is -0.720. The van der Waals surface area contributed by atoms with Crippen LogP contribution in [0.1, 0.15) is 5.56 Å². The van der Waals surface area contributed by atoms with Gasteiger partial charge in [0.15, 0.2) is 5.17 Å². The summed E-state index contributed by atoms with van der Waals surface area (Å²) in [5, 5.41) is 23.1. The number of hydrogen-bond acceptors (Lipinski definition) is 7. The molecule has 0 bridgehead atoms. The Morgan fingerprint density at radius 1 is 1.03 bits per heavy atom. The molecule has 1 amide bonds. The smallest absolute Gasteiger partial charge is 0.286 e. The Balaban J connectivity index is 1.43. The van der Waals surface area contributed by atoms with Crippen LogP contribution in [0.25, 0.3) is 6.08 Å². The van der Waals surface area contributed by atoms with Crippen LogP contribution in [0.4, 0.5) is 11.4 Å². The number of nitro benzene ring substituents is 1. The van der Waals surface area contributed by atoms with Crippen molar-refractivity contribution < 1.29 is 14.8 Å². The molecular weight excluding hydrogens is 392 g/mol. The highest BCUT2D eigenvalue weighted by Gasteiger charge is 2.28. The average Bonchev–Trinajstić information content (AvgIpc) is 3.10. The molecule has 2 aliphatic heterocycles. The summed E-state index contributed by atoms with van der Waals surface area (Å²) >= 11 is 1.26. The van der Waals surface area contributed by atoms with E-state index in [2.05, 4.69) is 26.9 Å². The van der Waals surface area contributed by atoms with E-state index in [1.165, 1.54) is 35.7 Å². The molecule has 0 aliphatic carbocycles. The largest absolute Gasteiger partial charge is 0.868 e. The maximum absolute atomic E-state index is 12.3. The van der Waals surface area contributed by atoms with Gasteiger partial charge in [0.25, 0.3) is 11.6 Å². The van der Waals surface area contributed by atoms with Gasteiger partial charge in [-0.2, -0.15) is 4.99 Å². The third kappa shape index (κ3) is 4.09. The van der Waals surface area contributed by atoms with Gasteiger partial charge in [-0.3, -0.25) is 14.9 Å². The number of hydrogen-bond donors (Lipinski definition) is 0. The van der Waals surface area contributed by atoms with Crippen LogP contribution in [0.2, 0.25) is 0 Å². The molecule has 1 fully saturated rings. The van der Waals surface area contributed by atoms with Crippen LogP contribution in [-0.4, -0.2) is 47.1 Å². The molecule has 0 spiro atoms. The zero-order valence-electron chi connectivity index (χ0n) is 15.4. The van der Waals surface area contributed by atoms with Crippen molar-refractivity contribution in [2.75, 3.05) is 31.1 Å². The van der Waals surface area contributed by atoms with E-state index < -0.39 is 16.4 Å². The first-order valence-corrected chi connectivity index (χ1v) is 9.86. The third-order valence-electron chi connectivity index (χ3n) is 4.76. The Labute approximate surface area is 171 Å². The molecule has 0 saturated carbocycles. The van der Waals surface area contributed by atoms with Crippen LogP contribution in [0.3, 0.4) is 0 Å². The highest BCUT2D eigenvalue weighted by molar-refractivity contribution is 8.18. The molecule has 1 saturated heterocycles. The molecule has 0 N–H and O–H groups in total. The summed E-state index contributed by atoms with van der Waals surface area (Å²) in [5.41, 5.74) is 1.10. The molecule has 2 aliphatic rings. The number of amides is 1. The average molecular weight is 409 g/mol. The van der Waals surface area contributed by atoms with Crippen LogP contribution in [0.5, 0.6) is 5.75 Å². The lowest BCUT2D eigenvalue weighted by atomic mass is 10.1. The second kappa shape index (κ2) is 7.96. The molecule has 0 aromatic heterocycles. The summed E-state index contributed by atoms with van der Waals surface area (Å²) in [6.07, 6.45) is 1.54. The van der Waals surface area contributed by atoms with E-state index in [-0.39, 0.29) is 5.91 Å². The van der Waals surface area contributed by atoms with E-state index in [1.807, 2.05) is 18.2 Å². The van der Waals surface area contributed by atoms with Crippen molar-refractivity contribution in [3.8, 4) is 5.75 Å². The van der Waals surface area contributed by atoms with Crippen molar-refractivity contribution in [1.29, 1.82) is 0 Å². The lowest BCUT2D eigenvalue weighted by Crippen LogP contribution is -2.47. The number of amidine groups is 1. The van der Waals surface area contributed by atoms with Gasteiger partial charge in [0.2, 0.25) is 0 Å². The molecule has 148 valence electrons. The van der Waals surface area contributed by atoms with Crippen LogP contribution in [0.15, 0.2) is 58.4 Å². The number of rotatable bonds is 3. The van der Waals surface area contributed by atoms with Gasteiger partial charge >= 0.3 is 0 Å². The number of carbonyl (C=O) groups is 1. The van der Waals surface area contributed by atoms with Crippen LogP contribution >= 0.6 is 11.8 Å². The van der Waals surface area contributed by atoms with Gasteiger partial charge in [0.05, 0.1) is 9.83 Å². The number of carbonyl (C=O) groups excluding carboxylic acids is 1. The highest BCUT2D eigenvalue weighted by Crippen LogP contribution is 2.32. The van der Waals surface area contributed by atoms with Crippen molar-refractivity contribution in [2.45, 2.75) is 0 Å². The second-order valence-corrected chi connectivity index (χ2v) is 7.61. The number of anilines is 1. The van der Waals surface area contributed by atoms with Crippen molar-refractivity contribution in [1.82, 2.24) is 4.90 Å². The molecule has 9 heteroatoms. The van der Waals surface area contributed by atoms with Gasteiger partial charge in [-0.15, -0.1) is 0 Å². The predicted molar refractivity (Wildman–Crippen MR) is 111 cm³/mol. The minimum Gasteiger partial charge on any atom is -0.868 e. The van der Waals surface area contributed by atoms with Crippen LogP contribution in [0, 0.1) is 10.1 Å². The normalized spacial score (nSPS) is 18.3. The van der Waals surface area contributed by atoms with E-state index in [0.29, 0.717) is 15.6 Å². The fraction of sp³-hybridized carbons (Fsp3) is 0.200. The summed E-state index contributed by atoms with van der Waals surface area (Å²) in [5.74, 6) is -1.03. The predicted octanol–water partition coefficient (Wildman–Crippen LogP) is 2.46. The van der Waals surface area contributed by atoms with E-state index in [9.17, 15) is 20.0 Å². The van der Waals surface area contributed by atoms with Crippen molar-refractivity contribution >= 4 is 40.3 Å². The van der Waals surface area contributed by atoms with Crippen LogP contribution in [-0.2, 0) is 4.79 Å². The fourth-order valence-corrected chi connectivity index (χ4v) is 4.21. The zero-order chi connectivity index (χ0) is 20.4. The van der Waals surface area contributed by atoms with E-state index >= 15 is 0 Å². The first kappa shape index (κ1) is 19.0. The van der Waals surface area contributed by atoms with Gasteiger partial charge in [0.1, 0.15) is 0 Å². The van der Waals surface area contributed by atoms with E-state index in [0.717, 1.165) is 32.2 Å². The molecule has 29 heavy (non-hydrogen) atoms. The molecule has 0 unspecified atom stereocenters. The van der Waals surface area contributed by atoms with Gasteiger partial charge in [0, 0.05) is 37.9 Å². The maximum Gasteiger partial charge on any atom is 0.286 e. The summed E-state index contributed by atoms with van der Waals surface area (Å²) < 4.78 is 0. The lowest BCUT2D eigenvalue weighted by Gasteiger charge is -2.36. The number of para-hydroxylation sites is 1. The second-order valence-electron chi connectivity index (χ2n) is 6.60. The van der Waals surface area contributed by atoms with Crippen LogP contribution < -0.4 is 10.0 Å². The topological polar surface area (TPSA) is 102 Å². The molecule has 2 aromatic rings. The van der Waals surface area contributed by atoms with Gasteiger partial charge in [-0.1, -0.05) is 30.3 Å². The van der Waals surface area contributed by atoms with E-state index in [1.54, 1.807) is 0 Å². The molecule has 2 aromatic carbocycles. The Kier molecular flexibility index (Phi) is 5.22. The van der Waals surface area contributed by atoms with Gasteiger partial charge in [-0.25, -0.2) is 0 Å². The summed E-state index contributed by atoms with van der Waals surface area (Å²) in [4.78, 5) is 31.4. The Bertz CT molecular complexity index is 1010. The maximum atomic E-state index is 12.3. The third-order valence-corrected chi connectivity index (χ3v) is 5.80. The van der Waals surface area contributed by atoms with E-state index in [4.69, 9.17) is 0 Å². The molecule has 0 atom stereocenters. The molecule has 0 radical (unpaired) electrons. The minimum absolute atomic E-state index is 0.371. The number of piperazine rings is 1. The standard InChI is InChI=1S/C20H18N4O4S/c25-17-7-6-14(12-16(17)24(27)28)13-18-19(26)21-20(29-18)23-10-8-22(9-11-23)15-4-2-1-3-5-15/h1-7,12-13,25H,8-11H2/p-1/b18-13+. The number of benzene rings is 2. The first-order chi connectivity index (χ1) is 14.0. The number of thioether (sulfide) groups is 1. The Morgan fingerprint density at radius 3 is 2.41 bits per heavy atom. The van der Waals surface area contributed by atoms with Crippen molar-refractivity contribution in [3.63, 3.8) is 0 Å². The summed E-state index contributed by atoms with van der Waals surface area (Å²) in [7, 11) is 0. The summed E-state index contributed by atoms with van der Waals surface area (Å²) in [6, 6.07) is 14.0. The number of nitrogens with zero attached hydrogens (tertiary/aromatic N) is 4. The molecule has 4 rings (SSSR count). The highest BCUT2D eigenvalue weighted by atomic mass is 32.2. The lowest BCUT2D eigenvalue weighted by molar-refractivity contribution is -0.398. The fourth-order valence-electron chi connectivity index (χ4n) is 3.25. The van der Waals surface area contributed by atoms with Crippen molar-refractivity contribution in [2.24, 2.45) is 4.99 Å². The number of aliphatic imine (C=N–C) groups is 1. The molecule has 8 nitrogen and oxygen atoms in total. The number of nitro groups is 1. The summed E-state index contributed by atoms with van der Waals surface area (Å²) in [6.45, 7) is 3.15. The first-order valence-electron chi connectivity index (χ1n) is 9.04. The van der Waals surface area contributed by atoms with Crippen molar-refractivity contribution in [3.05, 3.63) is 69.1 Å². The zero-order valence-corrected chi connectivity index (χ0v) is 16.2. The van der Waals surface area contributed by atoms with Gasteiger partial charge < -0.3 is 14.9 Å².